The van der Waals surface area contributed by atoms with Gasteiger partial charge >= 0.3 is 12.2 Å². The van der Waals surface area contributed by atoms with E-state index in [0.29, 0.717) is 24.7 Å². The molecule has 2 aromatic heterocycles. The molecular formula is C52H62N8O6. The van der Waals surface area contributed by atoms with Crippen LogP contribution in [0.5, 0.6) is 0 Å². The number of carbonyl (C=O) groups excluding carboxylic acids is 4. The Balaban J connectivity index is 1.12. The zero-order valence-corrected chi connectivity index (χ0v) is 39.5. The van der Waals surface area contributed by atoms with Crippen LogP contribution in [0, 0.1) is 23.7 Å². The van der Waals surface area contributed by atoms with Gasteiger partial charge in [-0.2, -0.15) is 0 Å². The van der Waals surface area contributed by atoms with Crippen LogP contribution in [0.4, 0.5) is 9.59 Å². The van der Waals surface area contributed by atoms with Gasteiger partial charge in [0.15, 0.2) is 0 Å². The number of hydrogen-bond donors (Lipinski definition) is 4. The molecule has 4 amide bonds. The molecule has 2 saturated heterocycles. The van der Waals surface area contributed by atoms with Gasteiger partial charge in [0.1, 0.15) is 23.7 Å². The summed E-state index contributed by atoms with van der Waals surface area (Å²) in [6.07, 6.45) is 5.66. The van der Waals surface area contributed by atoms with E-state index in [-0.39, 0.29) is 41.1 Å². The zero-order valence-electron chi connectivity index (χ0n) is 39.5. The van der Waals surface area contributed by atoms with Crippen LogP contribution in [0.3, 0.4) is 0 Å². The molecule has 0 saturated carbocycles. The first-order valence-electron chi connectivity index (χ1n) is 22.8. The van der Waals surface area contributed by atoms with Crippen LogP contribution in [0.2, 0.25) is 0 Å². The molecule has 3 aromatic carbocycles. The summed E-state index contributed by atoms with van der Waals surface area (Å²) in [6, 6.07) is 20.9. The summed E-state index contributed by atoms with van der Waals surface area (Å²) < 4.78 is 9.59. The number of H-pyrrole nitrogens is 2. The van der Waals surface area contributed by atoms with Crippen molar-refractivity contribution in [3.8, 4) is 45.5 Å². The molecule has 0 aliphatic carbocycles. The van der Waals surface area contributed by atoms with Gasteiger partial charge in [0.25, 0.3) is 0 Å². The van der Waals surface area contributed by atoms with Crippen LogP contribution in [-0.2, 0) is 24.5 Å². The molecule has 346 valence electrons. The molecule has 0 unspecified atom stereocenters. The third-order valence-corrected chi connectivity index (χ3v) is 12.6. The number of methoxy groups -OCH3 is 2. The second-order valence-electron chi connectivity index (χ2n) is 18.9. The maximum Gasteiger partial charge on any atom is 0.407 e. The van der Waals surface area contributed by atoms with Gasteiger partial charge in [-0.05, 0) is 83.9 Å². The first-order valence-corrected chi connectivity index (χ1v) is 22.8. The number of imidazole rings is 2. The number of likely N-dealkylation sites (tertiary alicyclic amines) is 2. The largest absolute Gasteiger partial charge is 0.453 e. The van der Waals surface area contributed by atoms with E-state index in [1.165, 1.54) is 19.8 Å². The quantitative estimate of drug-likeness (QED) is 0.0952. The maximum atomic E-state index is 13.8. The minimum Gasteiger partial charge on any atom is -0.453 e. The zero-order chi connectivity index (χ0) is 47.3. The minimum absolute atomic E-state index is 0.00431. The Hall–Kier alpha value is -6.88. The number of aromatic nitrogens is 4. The van der Waals surface area contributed by atoms with Crippen molar-refractivity contribution in [1.82, 2.24) is 40.4 Å². The minimum atomic E-state index is -0.715. The lowest BCUT2D eigenvalue weighted by Gasteiger charge is -2.29. The Bertz CT molecular complexity index is 2590. The van der Waals surface area contributed by atoms with Gasteiger partial charge in [0.05, 0.1) is 37.7 Å². The highest BCUT2D eigenvalue weighted by Gasteiger charge is 2.39. The van der Waals surface area contributed by atoms with Gasteiger partial charge in [-0.1, -0.05) is 103 Å². The van der Waals surface area contributed by atoms with E-state index < -0.39 is 24.3 Å². The molecule has 2 aliphatic heterocycles. The summed E-state index contributed by atoms with van der Waals surface area (Å²) in [5.41, 5.74) is 8.27. The molecule has 0 radical (unpaired) electrons. The molecule has 2 fully saturated rings. The van der Waals surface area contributed by atoms with Crippen molar-refractivity contribution in [3.05, 3.63) is 107 Å². The molecule has 2 aliphatic rings. The van der Waals surface area contributed by atoms with Gasteiger partial charge in [0.2, 0.25) is 11.8 Å². The second kappa shape index (κ2) is 20.1. The smallest absolute Gasteiger partial charge is 0.407 e. The van der Waals surface area contributed by atoms with Crippen molar-refractivity contribution >= 4 is 24.0 Å². The average Bonchev–Trinajstić information content (AvgIpc) is 4.16. The van der Waals surface area contributed by atoms with Gasteiger partial charge in [0, 0.05) is 47.7 Å². The lowest BCUT2D eigenvalue weighted by Crippen LogP contribution is -2.51. The molecule has 4 atom stereocenters. The Kier molecular flexibility index (Phi) is 14.3. The summed E-state index contributed by atoms with van der Waals surface area (Å²) in [6.45, 7) is 15.4. The molecule has 7 rings (SSSR count). The molecule has 5 aromatic rings. The third kappa shape index (κ3) is 10.5. The average molecular weight is 895 g/mol. The molecule has 4 N–H and O–H groups in total. The topological polar surface area (TPSA) is 175 Å². The summed E-state index contributed by atoms with van der Waals surface area (Å²) in [4.78, 5) is 71.8. The Labute approximate surface area is 387 Å². The normalized spacial score (nSPS) is 17.0. The predicted octanol–water partition coefficient (Wildman–Crippen LogP) is 8.92. The number of carbonyl (C=O) groups is 4. The number of ether oxygens (including phenoxy) is 2. The fourth-order valence-corrected chi connectivity index (χ4v) is 8.76. The van der Waals surface area contributed by atoms with Crippen LogP contribution in [-0.4, -0.2) is 93.1 Å². The maximum absolute atomic E-state index is 13.8. The molecule has 0 bridgehead atoms. The highest BCUT2D eigenvalue weighted by molar-refractivity contribution is 5.87. The Morgan fingerprint density at radius 3 is 1.61 bits per heavy atom. The molecule has 66 heavy (non-hydrogen) atoms. The summed E-state index contributed by atoms with van der Waals surface area (Å²) >= 11 is 0. The standard InChI is InChI=1S/C52H62N8O6/c1-31(2)44(57-50(63)65-8)48(61)59-26-10-12-42(59)46-53-29-40(55-46)36-18-15-33(16-19-36)14-17-34-20-21-37(28-39(34)35-22-24-38(25-23-35)52(5,6)7)41-30-54-47(56-41)43-13-11-27-60(43)49(62)45(32(3)4)58-51(64)66-9/h15-16,18-25,28-32,42-45H,10-13,26-27H2,1-9H3,(H,53,55)(H,54,56)(H,57,63)(H,58,64)/t42-,43-,44-,45-/m0/s1. The van der Waals surface area contributed by atoms with Gasteiger partial charge in [-0.15, -0.1) is 0 Å². The van der Waals surface area contributed by atoms with Crippen molar-refractivity contribution in [1.29, 1.82) is 0 Å². The van der Waals surface area contributed by atoms with Gasteiger partial charge in [-0.25, -0.2) is 19.6 Å². The van der Waals surface area contributed by atoms with Crippen molar-refractivity contribution in [2.75, 3.05) is 27.3 Å². The van der Waals surface area contributed by atoms with Crippen LogP contribution < -0.4 is 10.6 Å². The number of nitrogens with zero attached hydrogens (tertiary/aromatic N) is 4. The lowest BCUT2D eigenvalue weighted by atomic mass is 9.85. The van der Waals surface area contributed by atoms with Crippen molar-refractivity contribution in [3.63, 3.8) is 0 Å². The van der Waals surface area contributed by atoms with Crippen molar-refractivity contribution < 1.29 is 28.7 Å². The first-order chi connectivity index (χ1) is 31.6. The van der Waals surface area contributed by atoms with E-state index >= 15 is 0 Å². The van der Waals surface area contributed by atoms with E-state index in [0.717, 1.165) is 70.5 Å². The Morgan fingerprint density at radius 2 is 1.14 bits per heavy atom. The molecular weight excluding hydrogens is 833 g/mol. The van der Waals surface area contributed by atoms with Crippen molar-refractivity contribution in [2.24, 2.45) is 11.8 Å². The highest BCUT2D eigenvalue weighted by Crippen LogP contribution is 2.36. The SMILES string of the molecule is COC(=O)N[C@H](C(=O)N1CCC[C@H]1c1nc(-c2ccc(C#Cc3ccc(-c4c[nH]c([C@@H]5CCCN5C(=O)[C@@H](NC(=O)OC)C(C)C)n4)cc3-c3ccc(C(C)(C)C)cc3)cc2)c[nH]1)C(C)C. The van der Waals surface area contributed by atoms with Crippen LogP contribution in [0.25, 0.3) is 33.6 Å². The molecule has 4 heterocycles. The lowest BCUT2D eigenvalue weighted by molar-refractivity contribution is -0.136. The van der Waals surface area contributed by atoms with Crippen LogP contribution in [0.15, 0.2) is 79.1 Å². The summed E-state index contributed by atoms with van der Waals surface area (Å²) in [5, 5.41) is 5.42. The van der Waals surface area contributed by atoms with Gasteiger partial charge in [-0.3, -0.25) is 9.59 Å². The van der Waals surface area contributed by atoms with E-state index in [2.05, 4.69) is 83.5 Å². The molecule has 0 spiro atoms. The number of benzene rings is 3. The monoisotopic (exact) mass is 894 g/mol. The van der Waals surface area contributed by atoms with E-state index in [4.69, 9.17) is 19.4 Å². The fraction of sp³-hybridized carbons (Fsp3) is 0.423. The van der Waals surface area contributed by atoms with Crippen LogP contribution >= 0.6 is 0 Å². The van der Waals surface area contributed by atoms with E-state index in [1.807, 2.05) is 81.4 Å². The number of rotatable bonds is 11. The third-order valence-electron chi connectivity index (χ3n) is 12.6. The van der Waals surface area contributed by atoms with Gasteiger partial charge < -0.3 is 39.9 Å². The number of hydrogen-bond acceptors (Lipinski definition) is 8. The molecule has 14 heteroatoms. The highest BCUT2D eigenvalue weighted by atomic mass is 16.5. The summed E-state index contributed by atoms with van der Waals surface area (Å²) in [5.74, 6) is 7.69. The van der Waals surface area contributed by atoms with Crippen molar-refractivity contribution in [2.45, 2.75) is 104 Å². The predicted molar refractivity (Wildman–Crippen MR) is 254 cm³/mol. The first kappa shape index (κ1) is 47.1. The van der Waals surface area contributed by atoms with E-state index in [1.54, 1.807) is 4.90 Å². The number of aromatic amines is 2. The molecule has 14 nitrogen and oxygen atoms in total. The number of alkyl carbamates (subject to hydrolysis) is 2. The van der Waals surface area contributed by atoms with E-state index in [9.17, 15) is 19.2 Å². The van der Waals surface area contributed by atoms with Crippen LogP contribution in [0.1, 0.15) is 115 Å². The number of amides is 4. The second-order valence-corrected chi connectivity index (χ2v) is 18.9. The number of nitrogens with one attached hydrogen (secondary N) is 4. The Morgan fingerprint density at radius 1 is 0.667 bits per heavy atom. The fourth-order valence-electron chi connectivity index (χ4n) is 8.76. The summed E-state index contributed by atoms with van der Waals surface area (Å²) in [7, 11) is 2.58.